The van der Waals surface area contributed by atoms with Crippen molar-refractivity contribution in [1.29, 1.82) is 0 Å². The number of nitrogens with zero attached hydrogens (tertiary/aromatic N) is 1. The van der Waals surface area contributed by atoms with Gasteiger partial charge in [-0.3, -0.25) is 0 Å². The molecule has 27 heavy (non-hydrogen) atoms. The van der Waals surface area contributed by atoms with Crippen molar-refractivity contribution in [2.75, 3.05) is 11.4 Å². The average Bonchev–Trinajstić information content (AvgIpc) is 2.94. The number of aliphatic hydroxyl groups is 1. The van der Waals surface area contributed by atoms with Crippen molar-refractivity contribution in [3.05, 3.63) is 64.2 Å². The Labute approximate surface area is 163 Å². The van der Waals surface area contributed by atoms with E-state index in [4.69, 9.17) is 4.74 Å². The first-order valence-electron chi connectivity index (χ1n) is 10.2. The highest BCUT2D eigenvalue weighted by molar-refractivity contribution is 5.66. The van der Waals surface area contributed by atoms with Crippen LogP contribution >= 0.6 is 0 Å². The van der Waals surface area contributed by atoms with Gasteiger partial charge in [0.15, 0.2) is 0 Å². The van der Waals surface area contributed by atoms with Gasteiger partial charge in [0.2, 0.25) is 0 Å². The first-order chi connectivity index (χ1) is 12.9. The standard InChI is InChI=1S/C24H31NO2/c1-15-5-7-19(8-6-15)13-25-14-22(23-12-20(26)11-18(4)27-23)21-10-16(2)9-17(3)24(21)25/h5-10,18,20,22-23,26H,11-14H2,1-4H3/t18-,20+,22?,23-/m1/s1. The summed E-state index contributed by atoms with van der Waals surface area (Å²) >= 11 is 0. The fourth-order valence-electron chi connectivity index (χ4n) is 4.93. The smallest absolute Gasteiger partial charge is 0.0689 e. The molecule has 0 bridgehead atoms. The summed E-state index contributed by atoms with van der Waals surface area (Å²) < 4.78 is 6.30. The maximum absolute atomic E-state index is 10.3. The minimum absolute atomic E-state index is 0.0896. The van der Waals surface area contributed by atoms with E-state index in [1.165, 1.54) is 33.5 Å². The van der Waals surface area contributed by atoms with Crippen LogP contribution in [0.4, 0.5) is 5.69 Å². The summed E-state index contributed by atoms with van der Waals surface area (Å²) in [4.78, 5) is 2.51. The normalized spacial score (nSPS) is 27.7. The minimum Gasteiger partial charge on any atom is -0.393 e. The zero-order chi connectivity index (χ0) is 19.1. The van der Waals surface area contributed by atoms with Crippen molar-refractivity contribution in [1.82, 2.24) is 0 Å². The number of rotatable bonds is 3. The summed E-state index contributed by atoms with van der Waals surface area (Å²) in [5.74, 6) is 0.321. The van der Waals surface area contributed by atoms with Crippen LogP contribution in [0.3, 0.4) is 0 Å². The Kier molecular flexibility index (Phi) is 5.00. The molecular formula is C24H31NO2. The maximum Gasteiger partial charge on any atom is 0.0689 e. The molecule has 1 unspecified atom stereocenters. The SMILES string of the molecule is Cc1ccc(CN2CC([C@H]3C[C@@H](O)C[C@@H](C)O3)c3cc(C)cc(C)c32)cc1. The second-order valence-electron chi connectivity index (χ2n) is 8.60. The van der Waals surface area contributed by atoms with Crippen LogP contribution in [0.25, 0.3) is 0 Å². The number of anilines is 1. The highest BCUT2D eigenvalue weighted by Gasteiger charge is 2.39. The number of hydrogen-bond donors (Lipinski definition) is 1. The lowest BCUT2D eigenvalue weighted by Crippen LogP contribution is -2.39. The molecule has 3 heteroatoms. The van der Waals surface area contributed by atoms with E-state index in [-0.39, 0.29) is 18.3 Å². The van der Waals surface area contributed by atoms with Crippen LogP contribution in [0.2, 0.25) is 0 Å². The third-order valence-electron chi connectivity index (χ3n) is 6.07. The molecular weight excluding hydrogens is 334 g/mol. The molecule has 0 spiro atoms. The Morgan fingerprint density at radius 2 is 1.78 bits per heavy atom. The fraction of sp³-hybridized carbons (Fsp3) is 0.500. The second-order valence-corrected chi connectivity index (χ2v) is 8.60. The number of hydrogen-bond acceptors (Lipinski definition) is 3. The van der Waals surface area contributed by atoms with Gasteiger partial charge >= 0.3 is 0 Å². The van der Waals surface area contributed by atoms with Gasteiger partial charge in [0, 0.05) is 31.1 Å². The molecule has 2 aliphatic heterocycles. The first-order valence-corrected chi connectivity index (χ1v) is 10.2. The van der Waals surface area contributed by atoms with Crippen LogP contribution in [-0.4, -0.2) is 30.0 Å². The van der Waals surface area contributed by atoms with Crippen molar-refractivity contribution in [3.63, 3.8) is 0 Å². The van der Waals surface area contributed by atoms with Gasteiger partial charge in [-0.15, -0.1) is 0 Å². The summed E-state index contributed by atoms with van der Waals surface area (Å²) in [7, 11) is 0. The molecule has 1 N–H and O–H groups in total. The monoisotopic (exact) mass is 365 g/mol. The zero-order valence-electron chi connectivity index (χ0n) is 16.9. The molecule has 1 fully saturated rings. The highest BCUT2D eigenvalue weighted by Crippen LogP contribution is 2.44. The molecule has 144 valence electrons. The minimum atomic E-state index is -0.251. The Morgan fingerprint density at radius 3 is 2.48 bits per heavy atom. The van der Waals surface area contributed by atoms with Gasteiger partial charge in [-0.25, -0.2) is 0 Å². The highest BCUT2D eigenvalue weighted by atomic mass is 16.5. The molecule has 4 rings (SSSR count). The average molecular weight is 366 g/mol. The summed E-state index contributed by atoms with van der Waals surface area (Å²) in [6, 6.07) is 13.4. The van der Waals surface area contributed by atoms with Gasteiger partial charge in [-0.2, -0.15) is 0 Å². The van der Waals surface area contributed by atoms with E-state index < -0.39 is 0 Å². The largest absolute Gasteiger partial charge is 0.393 e. The van der Waals surface area contributed by atoms with Gasteiger partial charge in [0.25, 0.3) is 0 Å². The van der Waals surface area contributed by atoms with Crippen LogP contribution in [0, 0.1) is 20.8 Å². The van der Waals surface area contributed by atoms with E-state index in [1.807, 2.05) is 0 Å². The molecule has 0 aliphatic carbocycles. The lowest BCUT2D eigenvalue weighted by Gasteiger charge is -2.35. The molecule has 3 nitrogen and oxygen atoms in total. The zero-order valence-corrected chi connectivity index (χ0v) is 16.9. The predicted octanol–water partition coefficient (Wildman–Crippen LogP) is 4.64. The number of benzene rings is 2. The van der Waals surface area contributed by atoms with E-state index in [9.17, 15) is 5.11 Å². The summed E-state index contributed by atoms with van der Waals surface area (Å²) in [5, 5.41) is 10.3. The van der Waals surface area contributed by atoms with Crippen molar-refractivity contribution in [2.45, 2.75) is 71.3 Å². The molecule has 2 aromatic rings. The lowest BCUT2D eigenvalue weighted by atomic mass is 9.87. The van der Waals surface area contributed by atoms with Crippen LogP contribution in [0.1, 0.15) is 53.5 Å². The molecule has 2 aromatic carbocycles. The molecule has 0 amide bonds. The van der Waals surface area contributed by atoms with Gasteiger partial charge in [-0.1, -0.05) is 47.5 Å². The third kappa shape index (κ3) is 3.76. The second kappa shape index (κ2) is 7.29. The van der Waals surface area contributed by atoms with Gasteiger partial charge in [0.1, 0.15) is 0 Å². The number of aliphatic hydroxyl groups excluding tert-OH is 1. The van der Waals surface area contributed by atoms with E-state index in [0.29, 0.717) is 5.92 Å². The van der Waals surface area contributed by atoms with Gasteiger partial charge in [0.05, 0.1) is 18.3 Å². The van der Waals surface area contributed by atoms with E-state index in [2.05, 4.69) is 69.0 Å². The fourth-order valence-corrected chi connectivity index (χ4v) is 4.93. The number of ether oxygens (including phenoxy) is 1. The van der Waals surface area contributed by atoms with Crippen molar-refractivity contribution in [2.24, 2.45) is 0 Å². The lowest BCUT2D eigenvalue weighted by molar-refractivity contribution is -0.0957. The first kappa shape index (κ1) is 18.5. The Morgan fingerprint density at radius 1 is 1.04 bits per heavy atom. The van der Waals surface area contributed by atoms with Crippen LogP contribution in [0.15, 0.2) is 36.4 Å². The number of fused-ring (bicyclic) bond motifs is 1. The molecule has 2 aliphatic rings. The summed E-state index contributed by atoms with van der Waals surface area (Å²) in [6.07, 6.45) is 1.45. The summed E-state index contributed by atoms with van der Waals surface area (Å²) in [5.41, 5.74) is 8.03. The van der Waals surface area contributed by atoms with Crippen LogP contribution in [-0.2, 0) is 11.3 Å². The third-order valence-corrected chi connectivity index (χ3v) is 6.07. The van der Waals surface area contributed by atoms with E-state index >= 15 is 0 Å². The number of aryl methyl sites for hydroxylation is 3. The van der Waals surface area contributed by atoms with E-state index in [0.717, 1.165) is 25.9 Å². The summed E-state index contributed by atoms with van der Waals surface area (Å²) in [6.45, 7) is 10.5. The molecule has 0 saturated carbocycles. The molecule has 1 saturated heterocycles. The topological polar surface area (TPSA) is 32.7 Å². The Bertz CT molecular complexity index is 804. The molecule has 0 aromatic heterocycles. The van der Waals surface area contributed by atoms with Gasteiger partial charge in [-0.05, 0) is 50.8 Å². The molecule has 0 radical (unpaired) electrons. The molecule has 4 atom stereocenters. The molecule has 2 heterocycles. The Balaban J connectivity index is 1.66. The predicted molar refractivity (Wildman–Crippen MR) is 110 cm³/mol. The van der Waals surface area contributed by atoms with Crippen molar-refractivity contribution >= 4 is 5.69 Å². The van der Waals surface area contributed by atoms with Gasteiger partial charge < -0.3 is 14.7 Å². The quantitative estimate of drug-likeness (QED) is 0.860. The van der Waals surface area contributed by atoms with Crippen molar-refractivity contribution in [3.8, 4) is 0 Å². The van der Waals surface area contributed by atoms with Crippen molar-refractivity contribution < 1.29 is 9.84 Å². The van der Waals surface area contributed by atoms with E-state index in [1.54, 1.807) is 0 Å². The van der Waals surface area contributed by atoms with Crippen LogP contribution in [0.5, 0.6) is 0 Å². The maximum atomic E-state index is 10.3. The van der Waals surface area contributed by atoms with Crippen LogP contribution < -0.4 is 4.90 Å². The Hall–Kier alpha value is -1.84.